The van der Waals surface area contributed by atoms with Crippen molar-refractivity contribution in [3.8, 4) is 0 Å². The normalized spacial score (nSPS) is 19.2. The van der Waals surface area contributed by atoms with Crippen molar-refractivity contribution in [3.05, 3.63) is 0 Å². The zero-order chi connectivity index (χ0) is 13.1. The van der Waals surface area contributed by atoms with Crippen LogP contribution in [0.3, 0.4) is 0 Å². The van der Waals surface area contributed by atoms with Crippen LogP contribution in [0.15, 0.2) is 0 Å². The van der Waals surface area contributed by atoms with Crippen molar-refractivity contribution in [2.45, 2.75) is 20.8 Å². The van der Waals surface area contributed by atoms with E-state index in [1.807, 2.05) is 0 Å². The van der Waals surface area contributed by atoms with E-state index >= 15 is 0 Å². The van der Waals surface area contributed by atoms with Crippen LogP contribution >= 0.6 is 0 Å². The van der Waals surface area contributed by atoms with Gasteiger partial charge in [0.15, 0.2) is 5.78 Å². The lowest BCUT2D eigenvalue weighted by molar-refractivity contribution is -0.125. The van der Waals surface area contributed by atoms with Gasteiger partial charge in [0, 0.05) is 18.5 Å². The average Bonchev–Trinajstić information content (AvgIpc) is 2.26. The quantitative estimate of drug-likeness (QED) is 0.761. The van der Waals surface area contributed by atoms with E-state index in [2.05, 4.69) is 4.72 Å². The molecule has 0 spiro atoms. The summed E-state index contributed by atoms with van der Waals surface area (Å²) in [6.45, 7) is 6.58. The van der Waals surface area contributed by atoms with E-state index in [9.17, 15) is 13.2 Å². The number of carbonyl (C=O) groups is 1. The molecule has 7 heteroatoms. The van der Waals surface area contributed by atoms with Gasteiger partial charge >= 0.3 is 0 Å². The lowest BCUT2D eigenvalue weighted by Crippen LogP contribution is -2.48. The molecule has 0 atom stereocenters. The predicted molar refractivity (Wildman–Crippen MR) is 63.8 cm³/mol. The molecule has 0 unspecified atom stereocenters. The third-order valence-corrected chi connectivity index (χ3v) is 4.12. The van der Waals surface area contributed by atoms with Gasteiger partial charge < -0.3 is 4.74 Å². The molecule has 0 saturated carbocycles. The Labute approximate surface area is 102 Å². The van der Waals surface area contributed by atoms with Crippen LogP contribution in [0, 0.1) is 5.41 Å². The number of hydrogen-bond donors (Lipinski definition) is 1. The Balaban J connectivity index is 2.52. The van der Waals surface area contributed by atoms with Crippen molar-refractivity contribution in [2.75, 3.05) is 32.8 Å². The SMILES string of the molecule is CC(C)(C)C(=O)CNS(=O)(=O)N1CCOCC1. The van der Waals surface area contributed by atoms with E-state index in [1.54, 1.807) is 20.8 Å². The maximum atomic E-state index is 11.8. The minimum atomic E-state index is -3.56. The van der Waals surface area contributed by atoms with Crippen molar-refractivity contribution in [3.63, 3.8) is 0 Å². The fourth-order valence-electron chi connectivity index (χ4n) is 1.30. The number of hydrogen-bond acceptors (Lipinski definition) is 4. The second kappa shape index (κ2) is 5.43. The minimum Gasteiger partial charge on any atom is -0.379 e. The fourth-order valence-corrected chi connectivity index (χ4v) is 2.43. The summed E-state index contributed by atoms with van der Waals surface area (Å²) in [7, 11) is -3.56. The van der Waals surface area contributed by atoms with Gasteiger partial charge in [0.25, 0.3) is 10.2 Å². The zero-order valence-electron chi connectivity index (χ0n) is 10.5. The molecule has 100 valence electrons. The standard InChI is InChI=1S/C10H20N2O4S/c1-10(2,3)9(13)8-11-17(14,15)12-4-6-16-7-5-12/h11H,4-8H2,1-3H3. The molecule has 1 rings (SSSR count). The molecule has 1 aliphatic rings. The van der Waals surface area contributed by atoms with Crippen molar-refractivity contribution < 1.29 is 17.9 Å². The van der Waals surface area contributed by atoms with Crippen molar-refractivity contribution in [1.82, 2.24) is 9.03 Å². The molecule has 0 bridgehead atoms. The van der Waals surface area contributed by atoms with Gasteiger partial charge in [-0.25, -0.2) is 0 Å². The molecule has 17 heavy (non-hydrogen) atoms. The van der Waals surface area contributed by atoms with E-state index in [-0.39, 0.29) is 12.3 Å². The average molecular weight is 264 g/mol. The number of nitrogens with zero attached hydrogens (tertiary/aromatic N) is 1. The molecule has 1 fully saturated rings. The summed E-state index contributed by atoms with van der Waals surface area (Å²) in [6, 6.07) is 0. The highest BCUT2D eigenvalue weighted by Gasteiger charge is 2.27. The molecule has 1 heterocycles. The monoisotopic (exact) mass is 264 g/mol. The van der Waals surface area contributed by atoms with Gasteiger partial charge in [-0.05, 0) is 0 Å². The first-order valence-electron chi connectivity index (χ1n) is 5.59. The van der Waals surface area contributed by atoms with E-state index in [4.69, 9.17) is 4.74 Å². The first-order valence-corrected chi connectivity index (χ1v) is 7.03. The molecular weight excluding hydrogens is 244 g/mol. The van der Waals surface area contributed by atoms with Crippen LogP contribution in [0.1, 0.15) is 20.8 Å². The van der Waals surface area contributed by atoms with Crippen LogP contribution in [0.2, 0.25) is 0 Å². The van der Waals surface area contributed by atoms with Gasteiger partial charge in [0.2, 0.25) is 0 Å². The molecule has 0 aliphatic carbocycles. The summed E-state index contributed by atoms with van der Waals surface area (Å²) in [5, 5.41) is 0. The maximum absolute atomic E-state index is 11.8. The molecule has 1 aliphatic heterocycles. The topological polar surface area (TPSA) is 75.7 Å². The number of rotatable bonds is 4. The number of Topliss-reactive ketones (excluding diaryl/α,β-unsaturated/α-hetero) is 1. The van der Waals surface area contributed by atoms with Crippen molar-refractivity contribution >= 4 is 16.0 Å². The van der Waals surface area contributed by atoms with Crippen LogP contribution in [0.5, 0.6) is 0 Å². The van der Waals surface area contributed by atoms with Gasteiger partial charge in [0.05, 0.1) is 19.8 Å². The summed E-state index contributed by atoms with van der Waals surface area (Å²) in [6.07, 6.45) is 0. The van der Waals surface area contributed by atoms with E-state index < -0.39 is 15.6 Å². The van der Waals surface area contributed by atoms with E-state index in [0.717, 1.165) is 0 Å². The first-order chi connectivity index (χ1) is 7.73. The van der Waals surface area contributed by atoms with Crippen LogP contribution in [0.4, 0.5) is 0 Å². The lowest BCUT2D eigenvalue weighted by Gasteiger charge is -2.26. The Hall–Kier alpha value is -0.500. The van der Waals surface area contributed by atoms with Crippen LogP contribution in [-0.2, 0) is 19.7 Å². The second-order valence-corrected chi connectivity index (χ2v) is 6.77. The second-order valence-electron chi connectivity index (χ2n) is 5.01. The van der Waals surface area contributed by atoms with Gasteiger partial charge in [0.1, 0.15) is 0 Å². The molecule has 1 N–H and O–H groups in total. The molecule has 0 aromatic heterocycles. The molecule has 0 aromatic carbocycles. The summed E-state index contributed by atoms with van der Waals surface area (Å²) < 4.78 is 32.3. The predicted octanol–water partition coefficient (Wildman–Crippen LogP) is -0.232. The molecule has 0 aromatic rings. The van der Waals surface area contributed by atoms with Crippen LogP contribution in [0.25, 0.3) is 0 Å². The minimum absolute atomic E-state index is 0.130. The highest BCUT2D eigenvalue weighted by atomic mass is 32.2. The fraction of sp³-hybridized carbons (Fsp3) is 0.900. The zero-order valence-corrected chi connectivity index (χ0v) is 11.3. The third kappa shape index (κ3) is 4.34. The number of morpholine rings is 1. The van der Waals surface area contributed by atoms with Gasteiger partial charge in [-0.15, -0.1) is 0 Å². The third-order valence-electron chi connectivity index (χ3n) is 2.56. The molecular formula is C10H20N2O4S. The van der Waals surface area contributed by atoms with Gasteiger partial charge in [-0.1, -0.05) is 20.8 Å². The first kappa shape index (κ1) is 14.6. The highest BCUT2D eigenvalue weighted by Crippen LogP contribution is 2.14. The van der Waals surface area contributed by atoms with Gasteiger partial charge in [-0.2, -0.15) is 17.4 Å². The Morgan fingerprint density at radius 1 is 1.29 bits per heavy atom. The highest BCUT2D eigenvalue weighted by molar-refractivity contribution is 7.87. The summed E-state index contributed by atoms with van der Waals surface area (Å²) >= 11 is 0. The van der Waals surface area contributed by atoms with Crippen molar-refractivity contribution in [1.29, 1.82) is 0 Å². The van der Waals surface area contributed by atoms with Crippen LogP contribution in [-0.4, -0.2) is 51.4 Å². The maximum Gasteiger partial charge on any atom is 0.280 e. The van der Waals surface area contributed by atoms with Gasteiger partial charge in [-0.3, -0.25) is 4.79 Å². The Bertz CT molecular complexity index is 366. The Morgan fingerprint density at radius 2 is 1.82 bits per heavy atom. The number of carbonyl (C=O) groups excluding carboxylic acids is 1. The summed E-state index contributed by atoms with van der Waals surface area (Å²) in [5.41, 5.74) is -0.534. The number of ketones is 1. The lowest BCUT2D eigenvalue weighted by atomic mass is 9.91. The Kier molecular flexibility index (Phi) is 4.65. The van der Waals surface area contributed by atoms with Crippen molar-refractivity contribution in [2.24, 2.45) is 5.41 Å². The van der Waals surface area contributed by atoms with E-state index in [0.29, 0.717) is 26.3 Å². The molecule has 0 amide bonds. The molecule has 6 nitrogen and oxygen atoms in total. The number of nitrogens with one attached hydrogen (secondary N) is 1. The largest absolute Gasteiger partial charge is 0.379 e. The Morgan fingerprint density at radius 3 is 2.29 bits per heavy atom. The summed E-state index contributed by atoms with van der Waals surface area (Å²) in [5.74, 6) is -0.130. The number of ether oxygens (including phenoxy) is 1. The smallest absolute Gasteiger partial charge is 0.280 e. The summed E-state index contributed by atoms with van der Waals surface area (Å²) in [4.78, 5) is 11.6. The van der Waals surface area contributed by atoms with Crippen LogP contribution < -0.4 is 4.72 Å². The molecule has 0 radical (unpaired) electrons. The van der Waals surface area contributed by atoms with E-state index in [1.165, 1.54) is 4.31 Å². The molecule has 1 saturated heterocycles.